The highest BCUT2D eigenvalue weighted by Crippen LogP contribution is 2.22. The second kappa shape index (κ2) is 7.58. The molecule has 2 aromatic rings. The third kappa shape index (κ3) is 3.97. The normalized spacial score (nSPS) is 10.5. The van der Waals surface area contributed by atoms with Crippen molar-refractivity contribution in [2.24, 2.45) is 0 Å². The number of benzene rings is 1. The highest BCUT2D eigenvalue weighted by molar-refractivity contribution is 6.09. The largest absolute Gasteiger partial charge is 0.469 e. The lowest BCUT2D eigenvalue weighted by atomic mass is 10.0. The fraction of sp³-hybridized carbons (Fsp3) is 0.353. The number of hydrogen-bond acceptors (Lipinski definition) is 5. The van der Waals surface area contributed by atoms with Crippen molar-refractivity contribution in [1.29, 1.82) is 0 Å². The molecule has 2 rings (SSSR count). The molecule has 1 heterocycles. The summed E-state index contributed by atoms with van der Waals surface area (Å²) in [5, 5.41) is 0.700. The van der Waals surface area contributed by atoms with Crippen molar-refractivity contribution >= 4 is 28.6 Å². The molecule has 0 saturated heterocycles. The van der Waals surface area contributed by atoms with Crippen LogP contribution < -0.4 is 0 Å². The SMILES string of the molecule is COC(=O)CCCCC(=O)c1c[nH]c2ccc(C(=O)OC)cc12. The Balaban J connectivity index is 2.08. The first kappa shape index (κ1) is 16.7. The topological polar surface area (TPSA) is 85.5 Å². The predicted octanol–water partition coefficient (Wildman–Crippen LogP) is 2.87. The summed E-state index contributed by atoms with van der Waals surface area (Å²) in [7, 11) is 2.66. The van der Waals surface area contributed by atoms with Crippen molar-refractivity contribution in [2.45, 2.75) is 25.7 Å². The lowest BCUT2D eigenvalue weighted by molar-refractivity contribution is -0.140. The first-order valence-corrected chi connectivity index (χ1v) is 7.36. The monoisotopic (exact) mass is 317 g/mol. The lowest BCUT2D eigenvalue weighted by Crippen LogP contribution is -2.03. The Bertz CT molecular complexity index is 732. The number of methoxy groups -OCH3 is 2. The third-order valence-corrected chi connectivity index (χ3v) is 3.67. The van der Waals surface area contributed by atoms with Crippen LogP contribution in [-0.4, -0.2) is 36.9 Å². The molecular formula is C17H19NO5. The number of ether oxygens (including phenoxy) is 2. The number of H-pyrrole nitrogens is 1. The number of hydrogen-bond donors (Lipinski definition) is 1. The highest BCUT2D eigenvalue weighted by Gasteiger charge is 2.14. The molecule has 0 spiro atoms. The van der Waals surface area contributed by atoms with Gasteiger partial charge in [-0.15, -0.1) is 0 Å². The Morgan fingerprint density at radius 3 is 2.48 bits per heavy atom. The van der Waals surface area contributed by atoms with E-state index < -0.39 is 5.97 Å². The van der Waals surface area contributed by atoms with Gasteiger partial charge in [0.2, 0.25) is 0 Å². The molecule has 122 valence electrons. The van der Waals surface area contributed by atoms with Crippen LogP contribution >= 0.6 is 0 Å². The van der Waals surface area contributed by atoms with Gasteiger partial charge >= 0.3 is 11.9 Å². The van der Waals surface area contributed by atoms with Gasteiger partial charge in [-0.05, 0) is 31.0 Å². The van der Waals surface area contributed by atoms with Crippen LogP contribution in [0.25, 0.3) is 10.9 Å². The number of esters is 2. The summed E-state index contributed by atoms with van der Waals surface area (Å²) in [5.41, 5.74) is 1.73. The Kier molecular flexibility index (Phi) is 5.51. The molecule has 0 aliphatic carbocycles. The Hall–Kier alpha value is -2.63. The van der Waals surface area contributed by atoms with Crippen LogP contribution in [0.3, 0.4) is 0 Å². The molecule has 0 saturated carbocycles. The third-order valence-electron chi connectivity index (χ3n) is 3.67. The van der Waals surface area contributed by atoms with Crippen molar-refractivity contribution in [3.8, 4) is 0 Å². The minimum absolute atomic E-state index is 0.0249. The van der Waals surface area contributed by atoms with E-state index in [4.69, 9.17) is 4.74 Å². The van der Waals surface area contributed by atoms with Crippen molar-refractivity contribution < 1.29 is 23.9 Å². The number of aromatic nitrogens is 1. The second-order valence-corrected chi connectivity index (χ2v) is 5.16. The van der Waals surface area contributed by atoms with Gasteiger partial charge in [0, 0.05) is 35.5 Å². The summed E-state index contributed by atoms with van der Waals surface area (Å²) < 4.78 is 9.26. The molecule has 1 N–H and O–H groups in total. The van der Waals surface area contributed by atoms with Crippen molar-refractivity contribution in [1.82, 2.24) is 4.98 Å². The molecule has 0 amide bonds. The summed E-state index contributed by atoms with van der Waals surface area (Å²) in [4.78, 5) is 38.0. The molecule has 0 radical (unpaired) electrons. The van der Waals surface area contributed by atoms with Gasteiger partial charge < -0.3 is 14.5 Å². The van der Waals surface area contributed by atoms with Gasteiger partial charge in [-0.1, -0.05) is 0 Å². The fourth-order valence-corrected chi connectivity index (χ4v) is 2.39. The van der Waals surface area contributed by atoms with Crippen LogP contribution in [0.5, 0.6) is 0 Å². The van der Waals surface area contributed by atoms with E-state index in [1.807, 2.05) is 0 Å². The Morgan fingerprint density at radius 2 is 1.78 bits per heavy atom. The summed E-state index contributed by atoms with van der Waals surface area (Å²) in [5.74, 6) is -0.736. The smallest absolute Gasteiger partial charge is 0.337 e. The Morgan fingerprint density at radius 1 is 1.04 bits per heavy atom. The van der Waals surface area contributed by atoms with Crippen molar-refractivity contribution in [3.05, 3.63) is 35.5 Å². The van der Waals surface area contributed by atoms with Gasteiger partial charge in [0.05, 0.1) is 19.8 Å². The number of Topliss-reactive ketones (excluding diaryl/α,β-unsaturated/α-hetero) is 1. The van der Waals surface area contributed by atoms with E-state index >= 15 is 0 Å². The molecular weight excluding hydrogens is 298 g/mol. The molecule has 0 aliphatic rings. The summed E-state index contributed by atoms with van der Waals surface area (Å²) in [6, 6.07) is 5.05. The fourth-order valence-electron chi connectivity index (χ4n) is 2.39. The zero-order valence-corrected chi connectivity index (χ0v) is 13.2. The summed E-state index contributed by atoms with van der Waals surface area (Å²) in [6.45, 7) is 0. The minimum Gasteiger partial charge on any atom is -0.469 e. The number of unbranched alkanes of at least 4 members (excludes halogenated alkanes) is 1. The second-order valence-electron chi connectivity index (χ2n) is 5.16. The minimum atomic E-state index is -0.440. The average Bonchev–Trinajstić information content (AvgIpc) is 3.00. The zero-order chi connectivity index (χ0) is 16.8. The van der Waals surface area contributed by atoms with Crippen molar-refractivity contribution in [3.63, 3.8) is 0 Å². The van der Waals surface area contributed by atoms with E-state index in [0.29, 0.717) is 42.2 Å². The van der Waals surface area contributed by atoms with Crippen LogP contribution in [-0.2, 0) is 14.3 Å². The number of fused-ring (bicyclic) bond motifs is 1. The van der Waals surface area contributed by atoms with E-state index in [9.17, 15) is 14.4 Å². The molecule has 6 heteroatoms. The molecule has 1 aromatic heterocycles. The summed E-state index contributed by atoms with van der Waals surface area (Å²) in [6.07, 6.45) is 3.51. The molecule has 1 aromatic carbocycles. The zero-order valence-electron chi connectivity index (χ0n) is 13.2. The van der Waals surface area contributed by atoms with Crippen LogP contribution in [0.4, 0.5) is 0 Å². The molecule has 0 atom stereocenters. The van der Waals surface area contributed by atoms with Crippen LogP contribution in [0.15, 0.2) is 24.4 Å². The van der Waals surface area contributed by atoms with Crippen LogP contribution in [0, 0.1) is 0 Å². The van der Waals surface area contributed by atoms with Crippen LogP contribution in [0.1, 0.15) is 46.4 Å². The van der Waals surface area contributed by atoms with Gasteiger partial charge in [0.1, 0.15) is 0 Å². The number of carbonyl (C=O) groups excluding carboxylic acids is 3. The van der Waals surface area contributed by atoms with E-state index in [0.717, 1.165) is 5.52 Å². The molecule has 0 bridgehead atoms. The van der Waals surface area contributed by atoms with Gasteiger partial charge in [-0.25, -0.2) is 4.79 Å². The van der Waals surface area contributed by atoms with Gasteiger partial charge in [-0.2, -0.15) is 0 Å². The first-order chi connectivity index (χ1) is 11.1. The van der Waals surface area contributed by atoms with E-state index in [-0.39, 0.29) is 11.8 Å². The molecule has 0 aliphatic heterocycles. The van der Waals surface area contributed by atoms with Gasteiger partial charge in [0.25, 0.3) is 0 Å². The average molecular weight is 317 g/mol. The quantitative estimate of drug-likeness (QED) is 0.482. The predicted molar refractivity (Wildman–Crippen MR) is 84.5 cm³/mol. The maximum absolute atomic E-state index is 12.3. The summed E-state index contributed by atoms with van der Waals surface area (Å²) >= 11 is 0. The van der Waals surface area contributed by atoms with E-state index in [2.05, 4.69) is 9.72 Å². The van der Waals surface area contributed by atoms with Crippen molar-refractivity contribution in [2.75, 3.05) is 14.2 Å². The van der Waals surface area contributed by atoms with Crippen LogP contribution in [0.2, 0.25) is 0 Å². The number of rotatable bonds is 7. The van der Waals surface area contributed by atoms with Gasteiger partial charge in [0.15, 0.2) is 5.78 Å². The molecule has 6 nitrogen and oxygen atoms in total. The maximum Gasteiger partial charge on any atom is 0.337 e. The highest BCUT2D eigenvalue weighted by atomic mass is 16.5. The first-order valence-electron chi connectivity index (χ1n) is 7.36. The maximum atomic E-state index is 12.3. The van der Waals surface area contributed by atoms with E-state index in [1.54, 1.807) is 24.4 Å². The van der Waals surface area contributed by atoms with E-state index in [1.165, 1.54) is 14.2 Å². The number of aromatic amines is 1. The van der Waals surface area contributed by atoms with Gasteiger partial charge in [-0.3, -0.25) is 9.59 Å². The number of carbonyl (C=O) groups is 3. The standard InChI is InChI=1S/C17H19NO5/c1-22-16(20)6-4-3-5-15(19)13-10-18-14-8-7-11(9-12(13)14)17(21)23-2/h7-10,18H,3-6H2,1-2H3. The number of nitrogens with one attached hydrogen (secondary N) is 1. The molecule has 23 heavy (non-hydrogen) atoms. The number of ketones is 1. The molecule has 0 unspecified atom stereocenters. The Labute approximate surface area is 133 Å². The molecule has 0 fully saturated rings. The lowest BCUT2D eigenvalue weighted by Gasteiger charge is -2.02.